The maximum absolute atomic E-state index is 12.5. The predicted octanol–water partition coefficient (Wildman–Crippen LogP) is 3.65. The zero-order chi connectivity index (χ0) is 20.3. The number of hydrogen-bond donors (Lipinski definition) is 2. The summed E-state index contributed by atoms with van der Waals surface area (Å²) in [5.74, 6) is -0.379. The van der Waals surface area contributed by atoms with Crippen LogP contribution in [0.4, 0.5) is 18.9 Å². The molecular formula is C20H19F3N2O3. The van der Waals surface area contributed by atoms with Crippen molar-refractivity contribution in [3.8, 4) is 0 Å². The minimum absolute atomic E-state index is 0.0764. The third-order valence-electron chi connectivity index (χ3n) is 4.38. The molecule has 3 rings (SSSR count). The molecule has 1 aromatic carbocycles. The zero-order valence-corrected chi connectivity index (χ0v) is 15.1. The number of aromatic nitrogens is 1. The predicted molar refractivity (Wildman–Crippen MR) is 97.8 cm³/mol. The van der Waals surface area contributed by atoms with E-state index in [1.807, 2.05) is 0 Å². The number of fused-ring (bicyclic) bond motifs is 1. The number of nitrogens with one attached hydrogen (secondary N) is 1. The lowest BCUT2D eigenvalue weighted by Gasteiger charge is -2.23. The van der Waals surface area contributed by atoms with Gasteiger partial charge in [0.25, 0.3) is 5.91 Å². The van der Waals surface area contributed by atoms with Crippen molar-refractivity contribution >= 4 is 17.7 Å². The molecule has 1 aliphatic heterocycles. The SMILES string of the molecule is Cc1cc(/C=C/C(F)(F)F)ccc1C(=O)Nc1cnc2c(c1)COC(CO)C2. The Labute approximate surface area is 159 Å². The number of carbonyl (C=O) groups is 1. The number of amides is 1. The number of aliphatic hydroxyl groups is 1. The molecule has 1 aliphatic rings. The van der Waals surface area contributed by atoms with Gasteiger partial charge in [-0.1, -0.05) is 18.2 Å². The van der Waals surface area contributed by atoms with Gasteiger partial charge in [0.1, 0.15) is 0 Å². The molecule has 2 N–H and O–H groups in total. The molecule has 5 nitrogen and oxygen atoms in total. The largest absolute Gasteiger partial charge is 0.409 e. The first kappa shape index (κ1) is 20.0. The number of allylic oxidation sites excluding steroid dienone is 1. The summed E-state index contributed by atoms with van der Waals surface area (Å²) in [5, 5.41) is 11.9. The summed E-state index contributed by atoms with van der Waals surface area (Å²) >= 11 is 0. The minimum Gasteiger partial charge on any atom is -0.394 e. The van der Waals surface area contributed by atoms with Gasteiger partial charge in [-0.05, 0) is 30.2 Å². The van der Waals surface area contributed by atoms with Gasteiger partial charge in [0, 0.05) is 29.3 Å². The number of nitrogens with zero attached hydrogens (tertiary/aromatic N) is 1. The van der Waals surface area contributed by atoms with Crippen molar-refractivity contribution in [2.75, 3.05) is 11.9 Å². The molecule has 0 saturated heterocycles. The molecule has 1 unspecified atom stereocenters. The highest BCUT2D eigenvalue weighted by atomic mass is 19.4. The molecule has 28 heavy (non-hydrogen) atoms. The Kier molecular flexibility index (Phi) is 5.81. The molecule has 148 valence electrons. The monoisotopic (exact) mass is 392 g/mol. The summed E-state index contributed by atoms with van der Waals surface area (Å²) in [4.78, 5) is 16.9. The zero-order valence-electron chi connectivity index (χ0n) is 15.1. The van der Waals surface area contributed by atoms with Crippen LogP contribution in [0.15, 0.2) is 36.5 Å². The summed E-state index contributed by atoms with van der Waals surface area (Å²) in [7, 11) is 0. The van der Waals surface area contributed by atoms with E-state index in [0.717, 1.165) is 17.3 Å². The summed E-state index contributed by atoms with van der Waals surface area (Å²) in [6.45, 7) is 1.89. The number of rotatable bonds is 4. The highest BCUT2D eigenvalue weighted by Gasteiger charge is 2.22. The number of aliphatic hydroxyl groups excluding tert-OH is 1. The lowest BCUT2D eigenvalue weighted by molar-refractivity contribution is -0.0790. The van der Waals surface area contributed by atoms with Gasteiger partial charge in [0.15, 0.2) is 0 Å². The number of pyridine rings is 1. The van der Waals surface area contributed by atoms with Gasteiger partial charge >= 0.3 is 6.18 Å². The van der Waals surface area contributed by atoms with E-state index >= 15 is 0 Å². The average Bonchev–Trinajstić information content (AvgIpc) is 2.65. The van der Waals surface area contributed by atoms with E-state index in [0.29, 0.717) is 35.4 Å². The van der Waals surface area contributed by atoms with Gasteiger partial charge in [-0.3, -0.25) is 9.78 Å². The quantitative estimate of drug-likeness (QED) is 0.833. The number of ether oxygens (including phenoxy) is 1. The highest BCUT2D eigenvalue weighted by molar-refractivity contribution is 6.05. The fourth-order valence-electron chi connectivity index (χ4n) is 2.95. The highest BCUT2D eigenvalue weighted by Crippen LogP contribution is 2.23. The summed E-state index contributed by atoms with van der Waals surface area (Å²) < 4.78 is 42.3. The van der Waals surface area contributed by atoms with Crippen LogP contribution in [0.25, 0.3) is 6.08 Å². The van der Waals surface area contributed by atoms with E-state index < -0.39 is 6.18 Å². The van der Waals surface area contributed by atoms with Crippen molar-refractivity contribution in [3.63, 3.8) is 0 Å². The third-order valence-corrected chi connectivity index (χ3v) is 4.38. The van der Waals surface area contributed by atoms with E-state index in [1.165, 1.54) is 24.4 Å². The molecule has 8 heteroatoms. The first-order valence-corrected chi connectivity index (χ1v) is 8.63. The average molecular weight is 392 g/mol. The van der Waals surface area contributed by atoms with Gasteiger partial charge in [0.2, 0.25) is 0 Å². The molecule has 0 bridgehead atoms. The molecule has 0 radical (unpaired) electrons. The molecule has 1 aromatic heterocycles. The van der Waals surface area contributed by atoms with Crippen molar-refractivity contribution in [1.29, 1.82) is 0 Å². The first-order valence-electron chi connectivity index (χ1n) is 8.63. The Bertz CT molecular complexity index is 910. The molecule has 0 fully saturated rings. The molecule has 2 aromatic rings. The fourth-order valence-corrected chi connectivity index (χ4v) is 2.95. The van der Waals surface area contributed by atoms with Crippen LogP contribution in [0.3, 0.4) is 0 Å². The Morgan fingerprint density at radius 2 is 2.18 bits per heavy atom. The van der Waals surface area contributed by atoms with Gasteiger partial charge in [0.05, 0.1) is 31.2 Å². The molecule has 0 saturated carbocycles. The second-order valence-electron chi connectivity index (χ2n) is 6.55. The standard InChI is InChI=1S/C20H19F3N2O3/c1-12-6-13(4-5-20(21,22)23)2-3-17(12)19(27)25-15-7-14-11-28-16(10-26)8-18(14)24-9-15/h2-7,9,16,26H,8,10-11H2,1H3,(H,25,27)/b5-4+. The van der Waals surface area contributed by atoms with E-state index in [1.54, 1.807) is 13.0 Å². The Morgan fingerprint density at radius 3 is 2.86 bits per heavy atom. The number of benzene rings is 1. The number of aryl methyl sites for hydroxylation is 1. The van der Waals surface area contributed by atoms with Crippen LogP contribution in [0, 0.1) is 6.92 Å². The van der Waals surface area contributed by atoms with Crippen LogP contribution in [0.5, 0.6) is 0 Å². The lowest BCUT2D eigenvalue weighted by Crippen LogP contribution is -2.26. The van der Waals surface area contributed by atoms with E-state index in [4.69, 9.17) is 9.84 Å². The van der Waals surface area contributed by atoms with Gasteiger partial charge in [-0.15, -0.1) is 0 Å². The van der Waals surface area contributed by atoms with Crippen LogP contribution < -0.4 is 5.32 Å². The fraction of sp³-hybridized carbons (Fsp3) is 0.300. The third kappa shape index (κ3) is 4.96. The van der Waals surface area contributed by atoms with Crippen molar-refractivity contribution < 1.29 is 27.8 Å². The summed E-state index contributed by atoms with van der Waals surface area (Å²) in [5.41, 5.74) is 3.43. The molecule has 0 aliphatic carbocycles. The van der Waals surface area contributed by atoms with Crippen LogP contribution in [-0.4, -0.2) is 34.9 Å². The summed E-state index contributed by atoms with van der Waals surface area (Å²) in [6, 6.07) is 6.23. The van der Waals surface area contributed by atoms with Gasteiger partial charge in [-0.25, -0.2) is 0 Å². The number of alkyl halides is 3. The Balaban J connectivity index is 1.72. The maximum Gasteiger partial charge on any atom is 0.409 e. The molecule has 1 atom stereocenters. The van der Waals surface area contributed by atoms with E-state index in [-0.39, 0.29) is 24.7 Å². The van der Waals surface area contributed by atoms with E-state index in [2.05, 4.69) is 10.3 Å². The maximum atomic E-state index is 12.5. The van der Waals surface area contributed by atoms with Crippen LogP contribution in [0.1, 0.15) is 32.7 Å². The molecule has 0 spiro atoms. The number of anilines is 1. The van der Waals surface area contributed by atoms with Crippen LogP contribution in [0.2, 0.25) is 0 Å². The van der Waals surface area contributed by atoms with E-state index in [9.17, 15) is 18.0 Å². The second kappa shape index (κ2) is 8.12. The number of hydrogen-bond acceptors (Lipinski definition) is 4. The van der Waals surface area contributed by atoms with Crippen molar-refractivity contribution in [2.24, 2.45) is 0 Å². The van der Waals surface area contributed by atoms with Gasteiger partial charge < -0.3 is 15.2 Å². The van der Waals surface area contributed by atoms with Crippen molar-refractivity contribution in [3.05, 3.63) is 64.5 Å². The lowest BCUT2D eigenvalue weighted by atomic mass is 10.0. The molecule has 1 amide bonds. The van der Waals surface area contributed by atoms with Crippen molar-refractivity contribution in [2.45, 2.75) is 32.2 Å². The number of halogens is 3. The number of carbonyl (C=O) groups excluding carboxylic acids is 1. The topological polar surface area (TPSA) is 71.5 Å². The Morgan fingerprint density at radius 1 is 1.39 bits per heavy atom. The van der Waals surface area contributed by atoms with Gasteiger partial charge in [-0.2, -0.15) is 13.2 Å². The van der Waals surface area contributed by atoms with Crippen LogP contribution in [-0.2, 0) is 17.8 Å². The normalized spacial score (nSPS) is 16.8. The summed E-state index contributed by atoms with van der Waals surface area (Å²) in [6.07, 6.45) is -1.50. The molecular weight excluding hydrogens is 373 g/mol. The Hall–Kier alpha value is -2.71. The van der Waals surface area contributed by atoms with Crippen LogP contribution >= 0.6 is 0 Å². The smallest absolute Gasteiger partial charge is 0.394 e. The second-order valence-corrected chi connectivity index (χ2v) is 6.55. The molecule has 2 heterocycles. The first-order chi connectivity index (χ1) is 13.2. The minimum atomic E-state index is -4.38. The van der Waals surface area contributed by atoms with Crippen molar-refractivity contribution in [1.82, 2.24) is 4.98 Å².